The third-order valence-electron chi connectivity index (χ3n) is 4.91. The Morgan fingerprint density at radius 3 is 2.69 bits per heavy atom. The lowest BCUT2D eigenvalue weighted by molar-refractivity contribution is -0.137. The zero-order valence-corrected chi connectivity index (χ0v) is 17.7. The highest BCUT2D eigenvalue weighted by atomic mass is 35.5. The van der Waals surface area contributed by atoms with Gasteiger partial charge in [0.1, 0.15) is 9.88 Å². The van der Waals surface area contributed by atoms with E-state index in [0.29, 0.717) is 27.7 Å². The molecule has 1 N–H and O–H groups in total. The number of amides is 1. The number of halogens is 4. The first kappa shape index (κ1) is 22.1. The fourth-order valence-electron chi connectivity index (χ4n) is 3.35. The van der Waals surface area contributed by atoms with Crippen LogP contribution in [0.1, 0.15) is 46.6 Å². The number of nitrogens with zero attached hydrogens (tertiary/aromatic N) is 2. The highest BCUT2D eigenvalue weighted by Crippen LogP contribution is 2.38. The molecule has 2 aromatic rings. The number of hydrogen-bond donors (Lipinski definition) is 1. The molecule has 0 atom stereocenters. The topological polar surface area (TPSA) is 45.2 Å². The number of benzene rings is 1. The van der Waals surface area contributed by atoms with E-state index < -0.39 is 11.7 Å². The molecule has 1 saturated heterocycles. The summed E-state index contributed by atoms with van der Waals surface area (Å²) in [6, 6.07) is 3.66. The maximum atomic E-state index is 13.1. The fourth-order valence-corrected chi connectivity index (χ4v) is 4.56. The minimum Gasteiger partial charge on any atom is -0.351 e. The van der Waals surface area contributed by atoms with Gasteiger partial charge in [0.15, 0.2) is 0 Å². The van der Waals surface area contributed by atoms with Gasteiger partial charge in [0.2, 0.25) is 0 Å². The summed E-state index contributed by atoms with van der Waals surface area (Å²) in [5.41, 5.74) is -0.115. The average Bonchev–Trinajstić information content (AvgIpc) is 3.30. The third-order valence-corrected chi connectivity index (χ3v) is 6.44. The van der Waals surface area contributed by atoms with Crippen molar-refractivity contribution in [3.63, 3.8) is 0 Å². The molecule has 1 aromatic carbocycles. The van der Waals surface area contributed by atoms with Gasteiger partial charge < -0.3 is 10.2 Å². The van der Waals surface area contributed by atoms with Gasteiger partial charge in [-0.25, -0.2) is 4.98 Å². The summed E-state index contributed by atoms with van der Waals surface area (Å²) in [6.45, 7) is 5.63. The van der Waals surface area contributed by atoms with Crippen molar-refractivity contribution in [2.45, 2.75) is 38.8 Å². The molecule has 0 aliphatic carbocycles. The third kappa shape index (κ3) is 5.71. The zero-order chi connectivity index (χ0) is 21.0. The van der Waals surface area contributed by atoms with Crippen LogP contribution in [0.15, 0.2) is 18.2 Å². The van der Waals surface area contributed by atoms with Crippen molar-refractivity contribution in [3.8, 4) is 10.6 Å². The van der Waals surface area contributed by atoms with Gasteiger partial charge in [0.25, 0.3) is 5.91 Å². The van der Waals surface area contributed by atoms with E-state index in [2.05, 4.69) is 15.2 Å². The Bertz CT molecular complexity index is 863. The van der Waals surface area contributed by atoms with E-state index in [4.69, 9.17) is 11.6 Å². The van der Waals surface area contributed by atoms with Crippen molar-refractivity contribution in [1.29, 1.82) is 0 Å². The second-order valence-electron chi connectivity index (χ2n) is 7.14. The molecule has 0 radical (unpaired) electrons. The molecule has 3 rings (SSSR count). The molecule has 1 aromatic heterocycles. The normalized spacial score (nSPS) is 15.1. The van der Waals surface area contributed by atoms with Gasteiger partial charge in [-0.3, -0.25) is 4.79 Å². The Morgan fingerprint density at radius 1 is 1.28 bits per heavy atom. The van der Waals surface area contributed by atoms with Gasteiger partial charge in [-0.1, -0.05) is 17.7 Å². The quantitative estimate of drug-likeness (QED) is 0.580. The lowest BCUT2D eigenvalue weighted by atomic mass is 10.1. The molecular weight excluding hydrogens is 423 g/mol. The summed E-state index contributed by atoms with van der Waals surface area (Å²) >= 11 is 6.76. The van der Waals surface area contributed by atoms with Gasteiger partial charge in [0, 0.05) is 12.1 Å². The van der Waals surface area contributed by atoms with Crippen LogP contribution in [0.3, 0.4) is 0 Å². The van der Waals surface area contributed by atoms with Crippen LogP contribution in [0.25, 0.3) is 10.6 Å². The number of thiazole rings is 1. The Hall–Kier alpha value is -1.64. The smallest absolute Gasteiger partial charge is 0.351 e. The number of aromatic nitrogens is 1. The van der Waals surface area contributed by atoms with E-state index in [1.165, 1.54) is 25.0 Å². The molecule has 0 spiro atoms. The van der Waals surface area contributed by atoms with Crippen LogP contribution in [0, 0.1) is 6.92 Å². The molecule has 1 amide bonds. The minimum atomic E-state index is -4.55. The van der Waals surface area contributed by atoms with Crippen LogP contribution in [0.5, 0.6) is 0 Å². The first-order valence-corrected chi connectivity index (χ1v) is 10.8. The number of hydrogen-bond acceptors (Lipinski definition) is 4. The first-order valence-electron chi connectivity index (χ1n) is 9.61. The number of carbonyl (C=O) groups excluding carboxylic acids is 1. The number of likely N-dealkylation sites (tertiary alicyclic amines) is 1. The SMILES string of the molecule is Cc1nc(-c2ccc(Cl)c(C(F)(F)F)c2)sc1C(=O)NCCCCN1CCCC1. The second kappa shape index (κ2) is 9.45. The molecule has 29 heavy (non-hydrogen) atoms. The molecule has 4 nitrogen and oxygen atoms in total. The van der Waals surface area contributed by atoms with Crippen molar-refractivity contribution < 1.29 is 18.0 Å². The minimum absolute atomic E-state index is 0.238. The largest absolute Gasteiger partial charge is 0.417 e. The predicted octanol–water partition coefficient (Wildman–Crippen LogP) is 5.40. The van der Waals surface area contributed by atoms with E-state index in [1.807, 2.05) is 0 Å². The first-order chi connectivity index (χ1) is 13.8. The van der Waals surface area contributed by atoms with Crippen molar-refractivity contribution in [2.75, 3.05) is 26.2 Å². The lowest BCUT2D eigenvalue weighted by Gasteiger charge is -2.13. The number of aryl methyl sites for hydroxylation is 1. The molecule has 1 aliphatic heterocycles. The van der Waals surface area contributed by atoms with Crippen molar-refractivity contribution in [3.05, 3.63) is 39.4 Å². The molecule has 1 fully saturated rings. The molecule has 1 aliphatic rings. The Kier molecular flexibility index (Phi) is 7.19. The van der Waals surface area contributed by atoms with Crippen LogP contribution in [-0.4, -0.2) is 42.0 Å². The number of nitrogens with one attached hydrogen (secondary N) is 1. The van der Waals surface area contributed by atoms with Gasteiger partial charge in [-0.15, -0.1) is 11.3 Å². The van der Waals surface area contributed by atoms with Crippen molar-refractivity contribution in [2.24, 2.45) is 0 Å². The molecular formula is C20H23ClF3N3OS. The average molecular weight is 446 g/mol. The van der Waals surface area contributed by atoms with E-state index in [-0.39, 0.29) is 10.9 Å². The number of carbonyl (C=O) groups is 1. The summed E-state index contributed by atoms with van der Waals surface area (Å²) in [7, 11) is 0. The van der Waals surface area contributed by atoms with Gasteiger partial charge in [-0.05, 0) is 64.4 Å². The Balaban J connectivity index is 1.60. The van der Waals surface area contributed by atoms with Gasteiger partial charge >= 0.3 is 6.18 Å². The molecule has 0 unspecified atom stereocenters. The lowest BCUT2D eigenvalue weighted by Crippen LogP contribution is -2.26. The van der Waals surface area contributed by atoms with Crippen LogP contribution >= 0.6 is 22.9 Å². The van der Waals surface area contributed by atoms with Crippen LogP contribution in [0.2, 0.25) is 5.02 Å². The number of alkyl halides is 3. The van der Waals surface area contributed by atoms with Gasteiger partial charge in [0.05, 0.1) is 16.3 Å². The maximum Gasteiger partial charge on any atom is 0.417 e. The summed E-state index contributed by atoms with van der Waals surface area (Å²) in [6.07, 6.45) is -0.102. The fraction of sp³-hybridized carbons (Fsp3) is 0.500. The summed E-state index contributed by atoms with van der Waals surface area (Å²) in [5.74, 6) is -0.238. The maximum absolute atomic E-state index is 13.1. The van der Waals surface area contributed by atoms with Crippen molar-refractivity contribution >= 4 is 28.8 Å². The molecule has 2 heterocycles. The predicted molar refractivity (Wildman–Crippen MR) is 110 cm³/mol. The highest BCUT2D eigenvalue weighted by molar-refractivity contribution is 7.17. The Labute approximate surface area is 177 Å². The van der Waals surface area contributed by atoms with Crippen LogP contribution < -0.4 is 5.32 Å². The van der Waals surface area contributed by atoms with E-state index >= 15 is 0 Å². The van der Waals surface area contributed by atoms with Crippen molar-refractivity contribution in [1.82, 2.24) is 15.2 Å². The van der Waals surface area contributed by atoms with Crippen LogP contribution in [-0.2, 0) is 6.18 Å². The van der Waals surface area contributed by atoms with E-state index in [0.717, 1.165) is 49.9 Å². The van der Waals surface area contributed by atoms with E-state index in [1.54, 1.807) is 6.92 Å². The summed E-state index contributed by atoms with van der Waals surface area (Å²) in [4.78, 5) is 19.6. The molecule has 0 bridgehead atoms. The second-order valence-corrected chi connectivity index (χ2v) is 8.54. The summed E-state index contributed by atoms with van der Waals surface area (Å²) in [5, 5.41) is 2.89. The zero-order valence-electron chi connectivity index (χ0n) is 16.1. The molecule has 0 saturated carbocycles. The van der Waals surface area contributed by atoms with Crippen LogP contribution in [0.4, 0.5) is 13.2 Å². The molecule has 158 valence electrons. The highest BCUT2D eigenvalue weighted by Gasteiger charge is 2.33. The monoisotopic (exact) mass is 445 g/mol. The van der Waals surface area contributed by atoms with E-state index in [9.17, 15) is 18.0 Å². The standard InChI is InChI=1S/C20H23ClF3N3OS/c1-13-17(18(28)25-8-2-3-9-27-10-4-5-11-27)29-19(26-13)14-6-7-16(21)15(12-14)20(22,23)24/h6-7,12H,2-5,8-11H2,1H3,(H,25,28). The molecule has 9 heteroatoms. The summed E-state index contributed by atoms with van der Waals surface area (Å²) < 4.78 is 39.3. The van der Waals surface area contributed by atoms with Gasteiger partial charge in [-0.2, -0.15) is 13.2 Å². The Morgan fingerprint density at radius 2 is 2.00 bits per heavy atom. The number of unbranched alkanes of at least 4 members (excludes halogenated alkanes) is 1. The number of rotatable bonds is 7.